The average molecular weight is 1340 g/mol. The molecule has 5 N–H and O–H groups in total. The van der Waals surface area contributed by atoms with Crippen LogP contribution in [-0.2, 0) is 103 Å². The van der Waals surface area contributed by atoms with Crippen LogP contribution in [0.3, 0.4) is 0 Å². The number of rotatable bonds is 23. The zero-order chi connectivity index (χ0) is 71.5. The number of carbonyl (C=O) groups is 7. The summed E-state index contributed by atoms with van der Waals surface area (Å²) in [5.41, 5.74) is 4.15. The Morgan fingerprint density at radius 1 is 0.646 bits per heavy atom. The summed E-state index contributed by atoms with van der Waals surface area (Å²) >= 11 is 0. The molecule has 4 atom stereocenters. The first-order valence-corrected chi connectivity index (χ1v) is 32.3. The van der Waals surface area contributed by atoms with Gasteiger partial charge in [0.2, 0.25) is 11.8 Å². The van der Waals surface area contributed by atoms with E-state index >= 15 is 0 Å². The lowest BCUT2D eigenvalue weighted by Gasteiger charge is -2.31. The molecule has 2 aromatic carbocycles. The van der Waals surface area contributed by atoms with Crippen LogP contribution in [0.4, 0.5) is 13.2 Å². The Balaban J connectivity index is 0.000000222. The Hall–Kier alpha value is -8.52. The lowest BCUT2D eigenvalue weighted by Crippen LogP contribution is -2.44. The molecule has 0 unspecified atom stereocenters. The second kappa shape index (κ2) is 32.0. The van der Waals surface area contributed by atoms with Crippen LogP contribution in [0.1, 0.15) is 171 Å². The number of aromatic nitrogens is 4. The number of hydrogen-bond donors (Lipinski definition) is 5. The molecule has 518 valence electrons. The van der Waals surface area contributed by atoms with Gasteiger partial charge < -0.3 is 54.0 Å². The average Bonchev–Trinajstić information content (AvgIpc) is 1.61. The molecule has 10 rings (SSSR count). The van der Waals surface area contributed by atoms with Crippen molar-refractivity contribution in [1.82, 2.24) is 29.7 Å². The summed E-state index contributed by atoms with van der Waals surface area (Å²) in [6, 6.07) is 9.68. The maximum atomic E-state index is 14.7. The number of halogens is 3. The van der Waals surface area contributed by atoms with Gasteiger partial charge in [-0.15, -0.1) is 0 Å². The van der Waals surface area contributed by atoms with E-state index in [0.29, 0.717) is 83.8 Å². The zero-order valence-electron chi connectivity index (χ0n) is 57.3. The summed E-state index contributed by atoms with van der Waals surface area (Å²) in [5, 5.41) is 38.2. The lowest BCUT2D eigenvalue weighted by atomic mass is 9.86. The van der Waals surface area contributed by atoms with E-state index in [4.69, 9.17) is 25.5 Å². The normalized spacial score (nSPS) is 16.9. The third-order valence-corrected chi connectivity index (χ3v) is 18.0. The Bertz CT molecular complexity index is 4150. The fourth-order valence-corrected chi connectivity index (χ4v) is 12.1. The topological polar surface area (TPSA) is 311 Å². The van der Waals surface area contributed by atoms with Gasteiger partial charge in [0, 0.05) is 102 Å². The minimum absolute atomic E-state index is 0.0397. The maximum absolute atomic E-state index is 14.7. The van der Waals surface area contributed by atoms with Gasteiger partial charge in [0.25, 0.3) is 11.1 Å². The molecule has 22 nitrogen and oxygen atoms in total. The number of hydrogen-bond acceptors (Lipinski definition) is 18. The number of esters is 3. The summed E-state index contributed by atoms with van der Waals surface area (Å²) in [6.45, 7) is 19.1. The van der Waals surface area contributed by atoms with E-state index in [2.05, 4.69) is 15.4 Å². The van der Waals surface area contributed by atoms with E-state index in [1.165, 1.54) is 19.1 Å². The lowest BCUT2D eigenvalue weighted by molar-refractivity contribution is -0.172. The molecule has 96 heavy (non-hydrogen) atoms. The molecule has 0 bridgehead atoms. The van der Waals surface area contributed by atoms with Crippen molar-refractivity contribution in [3.8, 4) is 22.8 Å². The van der Waals surface area contributed by atoms with Crippen LogP contribution in [0.2, 0.25) is 0 Å². The van der Waals surface area contributed by atoms with Gasteiger partial charge in [-0.25, -0.2) is 28.3 Å². The van der Waals surface area contributed by atoms with E-state index in [9.17, 15) is 71.6 Å². The molecule has 2 amide bonds. The van der Waals surface area contributed by atoms with E-state index in [0.717, 1.165) is 45.9 Å². The summed E-state index contributed by atoms with van der Waals surface area (Å²) in [4.78, 5) is 119. The van der Waals surface area contributed by atoms with Gasteiger partial charge in [-0.05, 0) is 112 Å². The molecule has 0 saturated heterocycles. The number of aryl methyl sites for hydroxylation is 4. The highest BCUT2D eigenvalue weighted by Gasteiger charge is 2.47. The molecule has 0 fully saturated rings. The molecule has 6 aromatic rings. The fourth-order valence-electron chi connectivity index (χ4n) is 12.1. The van der Waals surface area contributed by atoms with E-state index < -0.39 is 48.1 Å². The summed E-state index contributed by atoms with van der Waals surface area (Å²) < 4.78 is 68.3. The highest BCUT2D eigenvalue weighted by Crippen LogP contribution is 2.43. The molecule has 0 spiro atoms. The second-order valence-corrected chi connectivity index (χ2v) is 25.3. The van der Waals surface area contributed by atoms with Crippen LogP contribution < -0.4 is 21.8 Å². The van der Waals surface area contributed by atoms with Gasteiger partial charge in [0.05, 0.1) is 66.5 Å². The zero-order valence-corrected chi connectivity index (χ0v) is 56.3. The first-order valence-electron chi connectivity index (χ1n) is 33.0. The van der Waals surface area contributed by atoms with E-state index in [1.54, 1.807) is 88.8 Å². The minimum Gasteiger partial charge on any atom is -0.458 e. The van der Waals surface area contributed by atoms with Crippen LogP contribution in [-0.4, -0.2) is 110 Å². The first-order chi connectivity index (χ1) is 45.9. The number of carbonyl (C=O) groups excluding carboxylic acids is 7. The molecule has 4 aliphatic heterocycles. The molecular formula is C71H87F3N6O16. The van der Waals surface area contributed by atoms with Gasteiger partial charge in [-0.1, -0.05) is 55.4 Å². The van der Waals surface area contributed by atoms with Crippen molar-refractivity contribution in [2.75, 3.05) is 33.8 Å². The third-order valence-electron chi connectivity index (χ3n) is 18.0. The monoisotopic (exact) mass is 1340 g/mol. The summed E-state index contributed by atoms with van der Waals surface area (Å²) in [7, 11) is -1.00. The number of nitrogens with zero attached hydrogens (tertiary/aromatic N) is 4. The number of cyclic esters (lactones) is 2. The predicted molar refractivity (Wildman–Crippen MR) is 349 cm³/mol. The number of ketones is 2. The molecule has 0 aliphatic carbocycles. The number of benzene rings is 2. The van der Waals surface area contributed by atoms with Crippen molar-refractivity contribution >= 4 is 63.1 Å². The molecule has 0 saturated carbocycles. The van der Waals surface area contributed by atoms with E-state index in [1.807, 2.05) is 13.8 Å². The molecule has 0 radical (unpaired) electrons. The highest BCUT2D eigenvalue weighted by molar-refractivity contribution is 5.92. The maximum Gasteiger partial charge on any atom is 0.343 e. The van der Waals surface area contributed by atoms with Crippen molar-refractivity contribution in [2.45, 2.75) is 178 Å². The van der Waals surface area contributed by atoms with Crippen molar-refractivity contribution in [1.29, 1.82) is 0 Å². The van der Waals surface area contributed by atoms with Gasteiger partial charge in [0.15, 0.2) is 17.9 Å². The number of pyridine rings is 4. The Labute approximate surface area is 555 Å². The van der Waals surface area contributed by atoms with Gasteiger partial charge in [-0.2, -0.15) is 0 Å². The number of fused-ring (bicyclic) bond motifs is 10. The quantitative estimate of drug-likeness (QED) is 0.0173. The standard InChI is InChI=1S/C34H40FN3O7.C25H25FN2O5.C11H19NO4.CH3F/c1-6-34(43)25-13-28-30-23(15-38(28)32(41)24(25)16-45-33(34)42)21(22-11-19(4)26(35)14-27(22)37-30)9-7-8-10-44-17-36-31(40)20(5)12-29(39)18(2)3;1-3-25(32)18-9-21-22-16(11-28(21)23(30)17(18)12-33-24(25)31)14(6-4-5-7-29)15-8-13(2)19(26)10-20(15)27-22;1-7(2)10(14)5-8(3)11(15)12-6-16-9(4)13;1-2/h11,13-14,18,20,43H,6-10,12,15-17H2,1-5H3,(H,36,40);8-10,29,32H,3-7,11-12H2,1-2H3;7-8H,5-6H2,1-4H3,(H,12,15);1H3/t20-,34+;25-;8-;/m101./s1/i;;;1D. The molecule has 25 heteroatoms. The summed E-state index contributed by atoms with van der Waals surface area (Å²) in [5.74, 6) is -4.17. The van der Waals surface area contributed by atoms with Crippen LogP contribution in [0, 0.1) is 49.2 Å². The Morgan fingerprint density at radius 2 is 1.05 bits per heavy atom. The molecule has 4 aromatic heterocycles. The van der Waals surface area contributed by atoms with Crippen molar-refractivity contribution in [2.24, 2.45) is 23.7 Å². The number of amides is 2. The van der Waals surface area contributed by atoms with Crippen LogP contribution in [0.25, 0.3) is 44.6 Å². The molecule has 4 aliphatic rings. The molecule has 8 heterocycles. The van der Waals surface area contributed by atoms with Crippen LogP contribution in [0.15, 0.2) is 46.0 Å². The van der Waals surface area contributed by atoms with Gasteiger partial charge in [-0.3, -0.25) is 38.0 Å². The predicted octanol–water partition coefficient (Wildman–Crippen LogP) is 8.49. The SMILES string of the molecule is CC(=O)OCNC(=O)[C@H](C)CC(=O)C(C)C.CC[C@@]1(O)C(=O)OCc2c1cc1n(c2=O)Cc2c-1nc1cc(F)c(C)cc1c2CCCCO.CC[C@@]1(O)C(=O)OCc2c1cc1n(c2=O)Cc2c-1nc1cc(F)c(C)cc1c2CCCCOCNC(=O)[C@H](C)CC(=O)C(C)C.[2H]CF. The van der Waals surface area contributed by atoms with E-state index in [-0.39, 0.29) is 146 Å². The number of aliphatic hydroxyl groups is 3. The smallest absolute Gasteiger partial charge is 0.343 e. The van der Waals surface area contributed by atoms with Crippen LogP contribution in [0.5, 0.6) is 0 Å². The second-order valence-electron chi connectivity index (χ2n) is 25.3. The number of alkyl halides is 1. The van der Waals surface area contributed by atoms with Crippen molar-refractivity contribution in [3.05, 3.63) is 124 Å². The molecular weight excluding hydrogens is 1250 g/mol. The summed E-state index contributed by atoms with van der Waals surface area (Å²) in [6.07, 6.45) is 4.53. The number of unbranched alkanes of at least 4 members (excludes halogenated alkanes) is 2. The largest absolute Gasteiger partial charge is 0.458 e. The third kappa shape index (κ3) is 15.8. The number of aliphatic hydroxyl groups excluding tert-OH is 1. The highest BCUT2D eigenvalue weighted by atomic mass is 19.1. The van der Waals surface area contributed by atoms with Crippen molar-refractivity contribution < 1.29 is 82.4 Å². The van der Waals surface area contributed by atoms with Crippen molar-refractivity contribution in [3.63, 3.8) is 0 Å². The Morgan fingerprint density at radius 3 is 1.44 bits per heavy atom. The van der Waals surface area contributed by atoms with Gasteiger partial charge >= 0.3 is 17.9 Å². The van der Waals surface area contributed by atoms with Gasteiger partial charge in [0.1, 0.15) is 43.1 Å². The minimum atomic E-state index is -1.93. The Kier molecular flexibility index (Phi) is 24.4. The first kappa shape index (κ1) is 73.3. The van der Waals surface area contributed by atoms with Crippen LogP contribution >= 0.6 is 0 Å². The fraction of sp³-hybridized carbons (Fsp3) is 0.507. The number of Topliss-reactive ketones (excluding diaryl/α,β-unsaturated/α-hetero) is 2. The number of ether oxygens (including phenoxy) is 4. The number of nitrogens with one attached hydrogen (secondary N) is 2.